The standard InChI is InChI=1S/C25H20BrNO8/c1-32-19-11-14(9-16(26)23(19)29)21-20(24(30)25(31)27(21)12-15-3-2-6-33-15)22(28)13-4-5-17-18(10-13)35-8-7-34-17/h2-6,9-11,21,28-29H,7-8,12H2,1H3/b22-20+. The number of ketones is 1. The Morgan fingerprint density at radius 3 is 2.63 bits per heavy atom. The fraction of sp³-hybridized carbons (Fsp3) is 0.200. The number of benzene rings is 2. The molecule has 1 saturated heterocycles. The summed E-state index contributed by atoms with van der Waals surface area (Å²) in [6.45, 7) is 0.751. The molecule has 1 aromatic heterocycles. The molecule has 1 fully saturated rings. The molecular weight excluding hydrogens is 522 g/mol. The third kappa shape index (κ3) is 3.99. The topological polar surface area (TPSA) is 119 Å². The van der Waals surface area contributed by atoms with Crippen molar-refractivity contribution in [2.75, 3.05) is 20.3 Å². The molecule has 1 atom stereocenters. The van der Waals surface area contributed by atoms with E-state index in [1.165, 1.54) is 24.3 Å². The third-order valence-electron chi connectivity index (χ3n) is 5.85. The summed E-state index contributed by atoms with van der Waals surface area (Å²) in [5.74, 6) is -0.601. The minimum absolute atomic E-state index is 0.0129. The van der Waals surface area contributed by atoms with Crippen LogP contribution in [0.4, 0.5) is 0 Å². The number of aliphatic hydroxyl groups is 1. The average Bonchev–Trinajstić information content (AvgIpc) is 3.47. The number of Topliss-reactive ketones (excluding diaryl/α,β-unsaturated/α-hetero) is 1. The molecule has 180 valence electrons. The zero-order valence-corrected chi connectivity index (χ0v) is 20.1. The van der Waals surface area contributed by atoms with Crippen molar-refractivity contribution in [1.82, 2.24) is 4.90 Å². The summed E-state index contributed by atoms with van der Waals surface area (Å²) >= 11 is 3.29. The van der Waals surface area contributed by atoms with E-state index in [9.17, 15) is 19.8 Å². The molecule has 2 N–H and O–H groups in total. The summed E-state index contributed by atoms with van der Waals surface area (Å²) in [5.41, 5.74) is 0.620. The molecule has 0 spiro atoms. The first-order valence-electron chi connectivity index (χ1n) is 10.7. The van der Waals surface area contributed by atoms with Crippen molar-refractivity contribution in [3.63, 3.8) is 0 Å². The van der Waals surface area contributed by atoms with Gasteiger partial charge in [0.05, 0.1) is 36.0 Å². The number of likely N-dealkylation sites (tertiary alicyclic amines) is 1. The summed E-state index contributed by atoms with van der Waals surface area (Å²) in [6, 6.07) is 10.3. The fourth-order valence-electron chi connectivity index (χ4n) is 4.21. The molecule has 0 radical (unpaired) electrons. The molecule has 2 aliphatic heterocycles. The quantitative estimate of drug-likeness (QED) is 0.281. The van der Waals surface area contributed by atoms with Crippen LogP contribution >= 0.6 is 15.9 Å². The van der Waals surface area contributed by atoms with Gasteiger partial charge in [0.2, 0.25) is 0 Å². The molecule has 1 unspecified atom stereocenters. The predicted molar refractivity (Wildman–Crippen MR) is 126 cm³/mol. The number of halogens is 1. The highest BCUT2D eigenvalue weighted by atomic mass is 79.9. The highest BCUT2D eigenvalue weighted by Crippen LogP contribution is 2.45. The largest absolute Gasteiger partial charge is 0.507 e. The molecule has 3 aromatic rings. The Hall–Kier alpha value is -3.92. The first-order chi connectivity index (χ1) is 16.9. The molecule has 9 nitrogen and oxygen atoms in total. The third-order valence-corrected chi connectivity index (χ3v) is 6.45. The van der Waals surface area contributed by atoms with Gasteiger partial charge < -0.3 is 33.7 Å². The number of fused-ring (bicyclic) bond motifs is 1. The summed E-state index contributed by atoms with van der Waals surface area (Å²) < 4.78 is 22.1. The van der Waals surface area contributed by atoms with Crippen LogP contribution in [0.5, 0.6) is 23.0 Å². The van der Waals surface area contributed by atoms with Gasteiger partial charge >= 0.3 is 0 Å². The van der Waals surface area contributed by atoms with Crippen LogP contribution in [0.2, 0.25) is 0 Å². The zero-order valence-electron chi connectivity index (χ0n) is 18.5. The van der Waals surface area contributed by atoms with Gasteiger partial charge in [-0.2, -0.15) is 0 Å². The predicted octanol–water partition coefficient (Wildman–Crippen LogP) is 4.15. The Morgan fingerprint density at radius 1 is 1.14 bits per heavy atom. The maximum Gasteiger partial charge on any atom is 0.296 e. The second kappa shape index (κ2) is 9.03. The number of aliphatic hydroxyl groups excluding tert-OH is 1. The van der Waals surface area contributed by atoms with Crippen molar-refractivity contribution in [3.8, 4) is 23.0 Å². The molecule has 5 rings (SSSR count). The maximum atomic E-state index is 13.2. The number of furan rings is 1. The van der Waals surface area contributed by atoms with E-state index in [4.69, 9.17) is 18.6 Å². The van der Waals surface area contributed by atoms with E-state index in [0.29, 0.717) is 46.1 Å². The number of hydrogen-bond acceptors (Lipinski definition) is 8. The van der Waals surface area contributed by atoms with E-state index in [1.807, 2.05) is 0 Å². The zero-order chi connectivity index (χ0) is 24.7. The average molecular weight is 542 g/mol. The maximum absolute atomic E-state index is 13.2. The van der Waals surface area contributed by atoms with Crippen LogP contribution in [-0.2, 0) is 16.1 Å². The number of phenols is 1. The van der Waals surface area contributed by atoms with Crippen LogP contribution in [-0.4, -0.2) is 47.1 Å². The van der Waals surface area contributed by atoms with E-state index in [2.05, 4.69) is 15.9 Å². The molecule has 10 heteroatoms. The van der Waals surface area contributed by atoms with Crippen LogP contribution < -0.4 is 14.2 Å². The number of aromatic hydroxyl groups is 1. The van der Waals surface area contributed by atoms with Crippen LogP contribution in [0.1, 0.15) is 22.9 Å². The van der Waals surface area contributed by atoms with Crippen LogP contribution in [0.3, 0.4) is 0 Å². The summed E-state index contributed by atoms with van der Waals surface area (Å²) in [7, 11) is 1.39. The van der Waals surface area contributed by atoms with Crippen molar-refractivity contribution in [1.29, 1.82) is 0 Å². The number of rotatable bonds is 5. The lowest BCUT2D eigenvalue weighted by Crippen LogP contribution is -2.29. The highest BCUT2D eigenvalue weighted by molar-refractivity contribution is 9.10. The molecule has 0 saturated carbocycles. The van der Waals surface area contributed by atoms with Gasteiger partial charge in [0.15, 0.2) is 23.0 Å². The molecule has 35 heavy (non-hydrogen) atoms. The number of carbonyl (C=O) groups is 2. The normalized spacial score (nSPS) is 18.7. The molecule has 2 aliphatic rings. The lowest BCUT2D eigenvalue weighted by atomic mass is 9.94. The minimum atomic E-state index is -0.987. The van der Waals surface area contributed by atoms with Crippen LogP contribution in [0, 0.1) is 0 Å². The number of methoxy groups -OCH3 is 1. The van der Waals surface area contributed by atoms with E-state index < -0.39 is 17.7 Å². The Labute approximate surface area is 208 Å². The highest BCUT2D eigenvalue weighted by Gasteiger charge is 2.47. The van der Waals surface area contributed by atoms with Gasteiger partial charge in [-0.15, -0.1) is 0 Å². The molecule has 1 amide bonds. The van der Waals surface area contributed by atoms with E-state index in [1.54, 1.807) is 36.4 Å². The van der Waals surface area contributed by atoms with Crippen molar-refractivity contribution in [2.24, 2.45) is 0 Å². The first-order valence-corrected chi connectivity index (χ1v) is 11.5. The van der Waals surface area contributed by atoms with Crippen molar-refractivity contribution < 1.29 is 38.4 Å². The lowest BCUT2D eigenvalue weighted by Gasteiger charge is -2.25. The fourth-order valence-corrected chi connectivity index (χ4v) is 4.67. The van der Waals surface area contributed by atoms with E-state index in [0.717, 1.165) is 0 Å². The number of amides is 1. The monoisotopic (exact) mass is 541 g/mol. The van der Waals surface area contributed by atoms with Crippen molar-refractivity contribution >= 4 is 33.4 Å². The van der Waals surface area contributed by atoms with Gasteiger partial charge in [-0.3, -0.25) is 9.59 Å². The number of hydrogen-bond donors (Lipinski definition) is 2. The number of nitrogens with zero attached hydrogens (tertiary/aromatic N) is 1. The second-order valence-electron chi connectivity index (χ2n) is 7.92. The molecule has 3 heterocycles. The Kier molecular flexibility index (Phi) is 5.89. The van der Waals surface area contributed by atoms with Gasteiger partial charge in [0.25, 0.3) is 11.7 Å². The first kappa shape index (κ1) is 22.9. The smallest absolute Gasteiger partial charge is 0.296 e. The van der Waals surface area contributed by atoms with E-state index >= 15 is 0 Å². The number of carbonyl (C=O) groups excluding carboxylic acids is 2. The Morgan fingerprint density at radius 2 is 1.91 bits per heavy atom. The van der Waals surface area contributed by atoms with Crippen LogP contribution in [0.15, 0.2) is 63.2 Å². The van der Waals surface area contributed by atoms with Crippen molar-refractivity contribution in [3.05, 3.63) is 75.7 Å². The van der Waals surface area contributed by atoms with Gasteiger partial charge in [0, 0.05) is 5.56 Å². The van der Waals surface area contributed by atoms with Gasteiger partial charge in [0.1, 0.15) is 24.7 Å². The van der Waals surface area contributed by atoms with Crippen LogP contribution in [0.25, 0.3) is 5.76 Å². The molecule has 0 bridgehead atoms. The van der Waals surface area contributed by atoms with E-state index in [-0.39, 0.29) is 29.4 Å². The molecule has 2 aromatic carbocycles. The summed E-state index contributed by atoms with van der Waals surface area (Å²) in [5, 5.41) is 21.6. The van der Waals surface area contributed by atoms with Gasteiger partial charge in [-0.25, -0.2) is 0 Å². The Bertz CT molecular complexity index is 1350. The Balaban J connectivity index is 1.68. The molecule has 0 aliphatic carbocycles. The lowest BCUT2D eigenvalue weighted by molar-refractivity contribution is -0.140. The van der Waals surface area contributed by atoms with Crippen molar-refractivity contribution in [2.45, 2.75) is 12.6 Å². The molecular formula is C25H20BrNO8. The summed E-state index contributed by atoms with van der Waals surface area (Å²) in [6.07, 6.45) is 1.47. The summed E-state index contributed by atoms with van der Waals surface area (Å²) in [4.78, 5) is 27.7. The second-order valence-corrected chi connectivity index (χ2v) is 8.77. The van der Waals surface area contributed by atoms with Gasteiger partial charge in [-0.1, -0.05) is 0 Å². The minimum Gasteiger partial charge on any atom is -0.507 e. The number of ether oxygens (including phenoxy) is 3. The van der Waals surface area contributed by atoms with Gasteiger partial charge in [-0.05, 0) is 64.0 Å². The SMILES string of the molecule is COc1cc(C2/C(=C(\O)c3ccc4c(c3)OCCO4)C(=O)C(=O)N2Cc2ccco2)cc(Br)c1O. The number of phenolic OH excluding ortho intramolecular Hbond substituents is 1.